The Morgan fingerprint density at radius 1 is 1.19 bits per heavy atom. The minimum Gasteiger partial charge on any atom is -0.489 e. The van der Waals surface area contributed by atoms with Crippen molar-refractivity contribution in [2.45, 2.75) is 46.8 Å². The van der Waals surface area contributed by atoms with E-state index in [4.69, 9.17) is 9.47 Å². The Morgan fingerprint density at radius 2 is 1.89 bits per heavy atom. The molecule has 27 heavy (non-hydrogen) atoms. The lowest BCUT2D eigenvalue weighted by Gasteiger charge is -2.17. The van der Waals surface area contributed by atoms with Gasteiger partial charge in [0, 0.05) is 0 Å². The second-order valence-corrected chi connectivity index (χ2v) is 6.54. The summed E-state index contributed by atoms with van der Waals surface area (Å²) in [4.78, 5) is 12.0. The van der Waals surface area contributed by atoms with Crippen LogP contribution in [-0.4, -0.2) is 18.2 Å². The largest absolute Gasteiger partial charge is 0.489 e. The van der Waals surface area contributed by atoms with Crippen LogP contribution in [0.25, 0.3) is 5.57 Å². The summed E-state index contributed by atoms with van der Waals surface area (Å²) in [5, 5.41) is 10.1. The lowest BCUT2D eigenvalue weighted by atomic mass is 9.98. The Labute approximate surface area is 161 Å². The first-order chi connectivity index (χ1) is 12.9. The molecule has 0 radical (unpaired) electrons. The SMILES string of the molecule is CC=C(C(=O)OC)c1ccccc1COc1cc(C)c(C(O)CC)cc1C. The molecule has 0 saturated carbocycles. The molecule has 0 heterocycles. The normalized spacial score (nSPS) is 12.6. The van der Waals surface area contributed by atoms with Gasteiger partial charge in [-0.3, -0.25) is 0 Å². The number of aliphatic hydroxyl groups is 1. The maximum atomic E-state index is 12.0. The maximum Gasteiger partial charge on any atom is 0.338 e. The number of methoxy groups -OCH3 is 1. The van der Waals surface area contributed by atoms with E-state index < -0.39 is 6.10 Å². The van der Waals surface area contributed by atoms with Crippen LogP contribution in [0.5, 0.6) is 5.75 Å². The minimum absolute atomic E-state index is 0.334. The van der Waals surface area contributed by atoms with E-state index in [2.05, 4.69) is 0 Å². The van der Waals surface area contributed by atoms with Crippen molar-refractivity contribution in [3.63, 3.8) is 0 Å². The number of hydrogen-bond donors (Lipinski definition) is 1. The van der Waals surface area contributed by atoms with Crippen LogP contribution in [0.1, 0.15) is 54.2 Å². The predicted molar refractivity (Wildman–Crippen MR) is 108 cm³/mol. The van der Waals surface area contributed by atoms with Gasteiger partial charge in [0.05, 0.1) is 18.8 Å². The van der Waals surface area contributed by atoms with Crippen molar-refractivity contribution in [2.24, 2.45) is 0 Å². The van der Waals surface area contributed by atoms with E-state index in [1.54, 1.807) is 6.08 Å². The van der Waals surface area contributed by atoms with Gasteiger partial charge >= 0.3 is 5.97 Å². The highest BCUT2D eigenvalue weighted by atomic mass is 16.5. The maximum absolute atomic E-state index is 12.0. The van der Waals surface area contributed by atoms with E-state index in [-0.39, 0.29) is 5.97 Å². The van der Waals surface area contributed by atoms with Crippen molar-refractivity contribution < 1.29 is 19.4 Å². The molecular weight excluding hydrogens is 340 g/mol. The first-order valence-corrected chi connectivity index (χ1v) is 9.17. The number of benzene rings is 2. The average Bonchev–Trinajstić information content (AvgIpc) is 2.68. The Bertz CT molecular complexity index is 836. The van der Waals surface area contributed by atoms with Crippen LogP contribution < -0.4 is 4.74 Å². The lowest BCUT2D eigenvalue weighted by Crippen LogP contribution is -2.08. The second-order valence-electron chi connectivity index (χ2n) is 6.54. The third kappa shape index (κ3) is 4.77. The number of carbonyl (C=O) groups excluding carboxylic acids is 1. The second kappa shape index (κ2) is 9.38. The summed E-state index contributed by atoms with van der Waals surface area (Å²) in [5.74, 6) is 0.407. The van der Waals surface area contributed by atoms with E-state index in [0.29, 0.717) is 18.6 Å². The smallest absolute Gasteiger partial charge is 0.338 e. The molecule has 4 heteroatoms. The molecular formula is C23H28O4. The average molecular weight is 368 g/mol. The van der Waals surface area contributed by atoms with Gasteiger partial charge in [-0.25, -0.2) is 4.79 Å². The first-order valence-electron chi connectivity index (χ1n) is 9.17. The summed E-state index contributed by atoms with van der Waals surface area (Å²) in [6.07, 6.45) is 1.96. The fourth-order valence-electron chi connectivity index (χ4n) is 3.10. The van der Waals surface area contributed by atoms with Crippen molar-refractivity contribution >= 4 is 11.5 Å². The number of esters is 1. The molecule has 0 aliphatic rings. The van der Waals surface area contributed by atoms with Gasteiger partial charge in [0.25, 0.3) is 0 Å². The number of carbonyl (C=O) groups is 1. The van der Waals surface area contributed by atoms with E-state index in [0.717, 1.165) is 33.6 Å². The van der Waals surface area contributed by atoms with Gasteiger partial charge < -0.3 is 14.6 Å². The van der Waals surface area contributed by atoms with Crippen LogP contribution in [-0.2, 0) is 16.1 Å². The molecule has 0 saturated heterocycles. The molecule has 1 N–H and O–H groups in total. The van der Waals surface area contributed by atoms with Crippen LogP contribution in [0.15, 0.2) is 42.5 Å². The molecule has 2 aromatic rings. The number of allylic oxidation sites excluding steroid dienone is 1. The number of rotatable bonds is 7. The fraction of sp³-hybridized carbons (Fsp3) is 0.348. The highest BCUT2D eigenvalue weighted by Crippen LogP contribution is 2.29. The molecule has 4 nitrogen and oxygen atoms in total. The van der Waals surface area contributed by atoms with Crippen LogP contribution in [0.4, 0.5) is 0 Å². The van der Waals surface area contributed by atoms with E-state index >= 15 is 0 Å². The zero-order valence-electron chi connectivity index (χ0n) is 16.7. The Morgan fingerprint density at radius 3 is 2.52 bits per heavy atom. The summed E-state index contributed by atoms with van der Waals surface area (Å²) < 4.78 is 10.9. The van der Waals surface area contributed by atoms with Gasteiger partial charge in [-0.15, -0.1) is 0 Å². The molecule has 0 aromatic heterocycles. The zero-order valence-corrected chi connectivity index (χ0v) is 16.7. The molecule has 0 aliphatic carbocycles. The third-order valence-corrected chi connectivity index (χ3v) is 4.69. The summed E-state index contributed by atoms with van der Waals surface area (Å²) in [6, 6.07) is 11.6. The highest BCUT2D eigenvalue weighted by Gasteiger charge is 2.16. The minimum atomic E-state index is -0.462. The summed E-state index contributed by atoms with van der Waals surface area (Å²) in [5.41, 5.74) is 5.14. The van der Waals surface area contributed by atoms with Gasteiger partial charge in [0.1, 0.15) is 12.4 Å². The Hall–Kier alpha value is -2.59. The van der Waals surface area contributed by atoms with Gasteiger partial charge in [0.15, 0.2) is 0 Å². The first kappa shape index (κ1) is 20.7. The molecule has 0 spiro atoms. The van der Waals surface area contributed by atoms with Gasteiger partial charge in [-0.1, -0.05) is 37.3 Å². The van der Waals surface area contributed by atoms with Crippen molar-refractivity contribution in [3.8, 4) is 5.75 Å². The molecule has 0 amide bonds. The summed E-state index contributed by atoms with van der Waals surface area (Å²) >= 11 is 0. The standard InChI is InChI=1S/C23H28O4/c1-6-18(23(25)26-5)19-11-9-8-10-17(19)14-27-22-13-15(3)20(12-16(22)4)21(24)7-2/h6,8-13,21,24H,7,14H2,1-5H3. The number of ether oxygens (including phenoxy) is 2. The van der Waals surface area contributed by atoms with Crippen molar-refractivity contribution in [1.82, 2.24) is 0 Å². The van der Waals surface area contributed by atoms with E-state index in [9.17, 15) is 9.90 Å². The number of aliphatic hydroxyl groups excluding tert-OH is 1. The van der Waals surface area contributed by atoms with Gasteiger partial charge in [0.2, 0.25) is 0 Å². The topological polar surface area (TPSA) is 55.8 Å². The van der Waals surface area contributed by atoms with Crippen LogP contribution >= 0.6 is 0 Å². The Balaban J connectivity index is 2.28. The zero-order chi connectivity index (χ0) is 20.0. The van der Waals surface area contributed by atoms with Gasteiger partial charge in [-0.2, -0.15) is 0 Å². The molecule has 2 rings (SSSR count). The van der Waals surface area contributed by atoms with Crippen molar-refractivity contribution in [1.29, 1.82) is 0 Å². The molecule has 1 unspecified atom stereocenters. The van der Waals surface area contributed by atoms with Crippen molar-refractivity contribution in [3.05, 3.63) is 70.3 Å². The predicted octanol–water partition coefficient (Wildman–Crippen LogP) is 4.90. The fourth-order valence-corrected chi connectivity index (χ4v) is 3.10. The van der Waals surface area contributed by atoms with Gasteiger partial charge in [-0.05, 0) is 67.1 Å². The monoisotopic (exact) mass is 368 g/mol. The number of aryl methyl sites for hydroxylation is 2. The molecule has 1 atom stereocenters. The van der Waals surface area contributed by atoms with E-state index in [1.165, 1.54) is 7.11 Å². The number of hydrogen-bond acceptors (Lipinski definition) is 4. The molecule has 144 valence electrons. The summed E-state index contributed by atoms with van der Waals surface area (Å²) in [7, 11) is 1.38. The van der Waals surface area contributed by atoms with E-state index in [1.807, 2.05) is 64.1 Å². The quantitative estimate of drug-likeness (QED) is 0.558. The molecule has 2 aromatic carbocycles. The molecule has 0 fully saturated rings. The summed E-state index contributed by atoms with van der Waals surface area (Å²) in [6.45, 7) is 8.05. The molecule has 0 bridgehead atoms. The third-order valence-electron chi connectivity index (χ3n) is 4.69. The van der Waals surface area contributed by atoms with Crippen LogP contribution in [0.3, 0.4) is 0 Å². The highest BCUT2D eigenvalue weighted by molar-refractivity contribution is 6.16. The Kier molecular flexibility index (Phi) is 7.19. The molecule has 0 aliphatic heterocycles. The van der Waals surface area contributed by atoms with Crippen molar-refractivity contribution in [2.75, 3.05) is 7.11 Å². The van der Waals surface area contributed by atoms with Crippen LogP contribution in [0.2, 0.25) is 0 Å². The van der Waals surface area contributed by atoms with Crippen LogP contribution in [0, 0.1) is 13.8 Å². The lowest BCUT2D eigenvalue weighted by molar-refractivity contribution is -0.133.